The van der Waals surface area contributed by atoms with Crippen LogP contribution in [0.1, 0.15) is 31.7 Å². The zero-order valence-corrected chi connectivity index (χ0v) is 19.8. The van der Waals surface area contributed by atoms with Crippen molar-refractivity contribution >= 4 is 35.8 Å². The van der Waals surface area contributed by atoms with E-state index >= 15 is 0 Å². The zero-order chi connectivity index (χ0) is 19.8. The molecule has 0 radical (unpaired) electrons. The van der Waals surface area contributed by atoms with Crippen LogP contribution in [0.3, 0.4) is 0 Å². The summed E-state index contributed by atoms with van der Waals surface area (Å²) in [6.45, 7) is 7.19. The average Bonchev–Trinajstić information content (AvgIpc) is 3.28. The third-order valence-corrected chi connectivity index (χ3v) is 5.13. The second-order valence-corrected chi connectivity index (χ2v) is 7.21. The molecule has 0 aliphatic carbocycles. The summed E-state index contributed by atoms with van der Waals surface area (Å²) in [7, 11) is 1.80. The van der Waals surface area contributed by atoms with Gasteiger partial charge in [0.1, 0.15) is 11.9 Å². The number of aliphatic imine (C=N–C) groups is 1. The van der Waals surface area contributed by atoms with Crippen molar-refractivity contribution in [1.82, 2.24) is 15.1 Å². The Morgan fingerprint density at radius 1 is 1.28 bits per heavy atom. The minimum atomic E-state index is -0.230. The van der Waals surface area contributed by atoms with Crippen molar-refractivity contribution in [2.75, 3.05) is 46.4 Å². The highest BCUT2D eigenvalue weighted by atomic mass is 127. The summed E-state index contributed by atoms with van der Waals surface area (Å²) in [4.78, 5) is 21.0. The number of ether oxygens (including phenoxy) is 2. The number of nitrogens with zero attached hydrogens (tertiary/aromatic N) is 3. The molecule has 0 aromatic heterocycles. The highest BCUT2D eigenvalue weighted by molar-refractivity contribution is 14.0. The van der Waals surface area contributed by atoms with E-state index in [1.807, 2.05) is 17.0 Å². The zero-order valence-electron chi connectivity index (χ0n) is 17.4. The summed E-state index contributed by atoms with van der Waals surface area (Å²) in [6.07, 6.45) is 2.60. The third-order valence-electron chi connectivity index (χ3n) is 5.13. The van der Waals surface area contributed by atoms with Crippen molar-refractivity contribution in [2.24, 2.45) is 4.99 Å². The lowest BCUT2D eigenvalue weighted by Gasteiger charge is -2.37. The van der Waals surface area contributed by atoms with Crippen molar-refractivity contribution in [3.63, 3.8) is 0 Å². The highest BCUT2D eigenvalue weighted by Crippen LogP contribution is 2.16. The van der Waals surface area contributed by atoms with Crippen LogP contribution in [-0.2, 0) is 16.1 Å². The fraction of sp³-hybridized carbons (Fsp3) is 0.619. The van der Waals surface area contributed by atoms with Gasteiger partial charge in [0.05, 0.1) is 6.61 Å². The van der Waals surface area contributed by atoms with Crippen LogP contribution in [0, 0.1) is 0 Å². The monoisotopic (exact) mass is 516 g/mol. The maximum atomic E-state index is 12.5. The summed E-state index contributed by atoms with van der Waals surface area (Å²) in [5.41, 5.74) is 1.15. The summed E-state index contributed by atoms with van der Waals surface area (Å²) >= 11 is 0. The number of halogens is 1. The van der Waals surface area contributed by atoms with Gasteiger partial charge in [0.2, 0.25) is 0 Å². The Morgan fingerprint density at radius 3 is 2.69 bits per heavy atom. The van der Waals surface area contributed by atoms with Crippen LogP contribution in [0.5, 0.6) is 5.75 Å². The van der Waals surface area contributed by atoms with E-state index in [0.29, 0.717) is 26.2 Å². The van der Waals surface area contributed by atoms with E-state index in [1.54, 1.807) is 7.05 Å². The highest BCUT2D eigenvalue weighted by Gasteiger charge is 2.30. The van der Waals surface area contributed by atoms with Gasteiger partial charge in [-0.25, -0.2) is 0 Å². The third kappa shape index (κ3) is 6.74. The average molecular weight is 516 g/mol. The molecule has 29 heavy (non-hydrogen) atoms. The SMILES string of the molecule is CCCOc1cccc(CNC(=NC)N2CCN(C(=O)C3CCCO3)CC2)c1.I. The van der Waals surface area contributed by atoms with E-state index in [-0.39, 0.29) is 36.0 Å². The van der Waals surface area contributed by atoms with E-state index in [1.165, 1.54) is 0 Å². The quantitative estimate of drug-likeness (QED) is 0.358. The molecule has 2 fully saturated rings. The molecule has 1 unspecified atom stereocenters. The van der Waals surface area contributed by atoms with E-state index in [2.05, 4.69) is 34.3 Å². The van der Waals surface area contributed by atoms with Gasteiger partial charge in [-0.05, 0) is 37.0 Å². The number of amides is 1. The maximum absolute atomic E-state index is 12.5. The summed E-state index contributed by atoms with van der Waals surface area (Å²) < 4.78 is 11.2. The molecule has 162 valence electrons. The molecule has 3 rings (SSSR count). The molecular formula is C21H33IN4O3. The van der Waals surface area contributed by atoms with Crippen LogP contribution in [0.15, 0.2) is 29.3 Å². The van der Waals surface area contributed by atoms with Crippen LogP contribution < -0.4 is 10.1 Å². The lowest BCUT2D eigenvalue weighted by molar-refractivity contribution is -0.142. The van der Waals surface area contributed by atoms with E-state index < -0.39 is 0 Å². The van der Waals surface area contributed by atoms with Crippen LogP contribution in [0.4, 0.5) is 0 Å². The standard InChI is InChI=1S/C21H32N4O3.HI/c1-3-13-27-18-7-4-6-17(15-18)16-23-21(22-2)25-11-9-24(10-12-25)20(26)19-8-5-14-28-19;/h4,6-7,15,19H,3,5,8-14,16H2,1-2H3,(H,22,23);1H. The molecule has 8 heteroatoms. The molecule has 2 aliphatic rings. The predicted octanol–water partition coefficient (Wildman–Crippen LogP) is 2.49. The Balaban J connectivity index is 0.00000300. The number of rotatable bonds is 6. The first-order chi connectivity index (χ1) is 13.7. The molecule has 2 heterocycles. The molecule has 0 bridgehead atoms. The Morgan fingerprint density at radius 2 is 2.03 bits per heavy atom. The maximum Gasteiger partial charge on any atom is 0.251 e. The Kier molecular flexibility index (Phi) is 9.99. The van der Waals surface area contributed by atoms with Crippen LogP contribution in [0.25, 0.3) is 0 Å². The molecule has 1 amide bonds. The number of carbonyl (C=O) groups excluding carboxylic acids is 1. The number of carbonyl (C=O) groups is 1. The Labute approximate surface area is 190 Å². The lowest BCUT2D eigenvalue weighted by atomic mass is 10.2. The Hall–Kier alpha value is -1.55. The van der Waals surface area contributed by atoms with Crippen molar-refractivity contribution in [3.8, 4) is 5.75 Å². The van der Waals surface area contributed by atoms with E-state index in [0.717, 1.165) is 56.2 Å². The molecule has 1 atom stereocenters. The molecule has 0 spiro atoms. The predicted molar refractivity (Wildman–Crippen MR) is 125 cm³/mol. The van der Waals surface area contributed by atoms with Crippen LogP contribution in [0.2, 0.25) is 0 Å². The lowest BCUT2D eigenvalue weighted by Crippen LogP contribution is -2.55. The summed E-state index contributed by atoms with van der Waals surface area (Å²) in [5.74, 6) is 1.91. The number of piperazine rings is 1. The van der Waals surface area contributed by atoms with Gasteiger partial charge in [-0.3, -0.25) is 9.79 Å². The number of nitrogens with one attached hydrogen (secondary N) is 1. The van der Waals surface area contributed by atoms with E-state index in [4.69, 9.17) is 9.47 Å². The molecule has 0 saturated carbocycles. The van der Waals surface area contributed by atoms with Gasteiger partial charge in [-0.2, -0.15) is 0 Å². The van der Waals surface area contributed by atoms with Gasteiger partial charge in [0.25, 0.3) is 5.91 Å². The van der Waals surface area contributed by atoms with Crippen LogP contribution >= 0.6 is 24.0 Å². The largest absolute Gasteiger partial charge is 0.494 e. The molecule has 2 aliphatic heterocycles. The molecule has 2 saturated heterocycles. The molecule has 1 N–H and O–H groups in total. The number of guanidine groups is 1. The fourth-order valence-corrected chi connectivity index (χ4v) is 3.59. The van der Waals surface area contributed by atoms with Crippen molar-refractivity contribution < 1.29 is 14.3 Å². The molecule has 7 nitrogen and oxygen atoms in total. The topological polar surface area (TPSA) is 66.4 Å². The Bertz CT molecular complexity index is 672. The van der Waals surface area contributed by atoms with Gasteiger partial charge in [-0.15, -0.1) is 24.0 Å². The first-order valence-corrected chi connectivity index (χ1v) is 10.3. The molecular weight excluding hydrogens is 483 g/mol. The van der Waals surface area contributed by atoms with Gasteiger partial charge in [-0.1, -0.05) is 19.1 Å². The smallest absolute Gasteiger partial charge is 0.251 e. The molecule has 1 aromatic carbocycles. The van der Waals surface area contributed by atoms with Crippen molar-refractivity contribution in [1.29, 1.82) is 0 Å². The number of hydrogen-bond acceptors (Lipinski definition) is 4. The van der Waals surface area contributed by atoms with Crippen molar-refractivity contribution in [3.05, 3.63) is 29.8 Å². The van der Waals surface area contributed by atoms with Crippen LogP contribution in [-0.4, -0.2) is 74.2 Å². The minimum Gasteiger partial charge on any atom is -0.494 e. The first kappa shape index (κ1) is 23.7. The van der Waals surface area contributed by atoms with Gasteiger partial charge >= 0.3 is 0 Å². The van der Waals surface area contributed by atoms with Crippen molar-refractivity contribution in [2.45, 2.75) is 38.8 Å². The first-order valence-electron chi connectivity index (χ1n) is 10.3. The second-order valence-electron chi connectivity index (χ2n) is 7.21. The normalized spacial score (nSPS) is 19.7. The fourth-order valence-electron chi connectivity index (χ4n) is 3.59. The number of hydrogen-bond donors (Lipinski definition) is 1. The summed E-state index contributed by atoms with van der Waals surface area (Å²) in [6, 6.07) is 8.14. The second kappa shape index (κ2) is 12.2. The summed E-state index contributed by atoms with van der Waals surface area (Å²) in [5, 5.41) is 3.43. The van der Waals surface area contributed by atoms with E-state index in [9.17, 15) is 4.79 Å². The minimum absolute atomic E-state index is 0. The number of benzene rings is 1. The van der Waals surface area contributed by atoms with Gasteiger partial charge in [0, 0.05) is 46.4 Å². The molecule has 1 aromatic rings. The van der Waals surface area contributed by atoms with Gasteiger partial charge in [0.15, 0.2) is 5.96 Å². The van der Waals surface area contributed by atoms with Gasteiger partial charge < -0.3 is 24.6 Å².